The Morgan fingerprint density at radius 3 is 2.84 bits per heavy atom. The highest BCUT2D eigenvalue weighted by Crippen LogP contribution is 2.22. The van der Waals surface area contributed by atoms with Gasteiger partial charge in [-0.3, -0.25) is 10.2 Å². The third-order valence-electron chi connectivity index (χ3n) is 2.39. The molecule has 0 atom stereocenters. The molecule has 4 nitrogen and oxygen atoms in total. The van der Waals surface area contributed by atoms with Gasteiger partial charge < -0.3 is 0 Å². The quantitative estimate of drug-likeness (QED) is 0.530. The van der Waals surface area contributed by atoms with Gasteiger partial charge in [-0.25, -0.2) is 9.37 Å². The first kappa shape index (κ1) is 13.4. The van der Waals surface area contributed by atoms with E-state index < -0.39 is 0 Å². The number of rotatable bonds is 4. The second kappa shape index (κ2) is 5.71. The van der Waals surface area contributed by atoms with Crippen LogP contribution >= 0.6 is 11.3 Å². The molecule has 2 aromatic rings. The van der Waals surface area contributed by atoms with E-state index in [-0.39, 0.29) is 11.6 Å². The molecule has 19 heavy (non-hydrogen) atoms. The maximum absolute atomic E-state index is 13.3. The van der Waals surface area contributed by atoms with Crippen molar-refractivity contribution in [2.45, 2.75) is 13.8 Å². The van der Waals surface area contributed by atoms with E-state index in [9.17, 15) is 9.18 Å². The summed E-state index contributed by atoms with van der Waals surface area (Å²) in [5, 5.41) is 4.42. The minimum Gasteiger partial charge on any atom is -0.294 e. The summed E-state index contributed by atoms with van der Waals surface area (Å²) in [6, 6.07) is 6.33. The van der Waals surface area contributed by atoms with E-state index in [2.05, 4.69) is 15.5 Å². The Kier molecular flexibility index (Phi) is 4.01. The Morgan fingerprint density at radius 1 is 1.47 bits per heavy atom. The van der Waals surface area contributed by atoms with E-state index in [1.807, 2.05) is 0 Å². The number of Topliss-reactive ketones (excluding diaryl/α,β-unsaturated/α-hetero) is 1. The molecule has 1 aromatic heterocycles. The van der Waals surface area contributed by atoms with E-state index in [1.54, 1.807) is 25.1 Å². The number of aryl methyl sites for hydroxylation is 1. The number of ketones is 1. The Hall–Kier alpha value is -2.08. The molecule has 0 aliphatic carbocycles. The van der Waals surface area contributed by atoms with Gasteiger partial charge >= 0.3 is 0 Å². The van der Waals surface area contributed by atoms with Gasteiger partial charge in [-0.1, -0.05) is 29.5 Å². The number of hydrazone groups is 1. The average molecular weight is 277 g/mol. The number of nitrogens with one attached hydrogen (secondary N) is 1. The summed E-state index contributed by atoms with van der Waals surface area (Å²) >= 11 is 1.23. The molecule has 2 rings (SSSR count). The van der Waals surface area contributed by atoms with Crippen molar-refractivity contribution < 1.29 is 9.18 Å². The molecule has 0 aliphatic heterocycles. The van der Waals surface area contributed by atoms with Crippen LogP contribution in [-0.4, -0.2) is 17.0 Å². The maximum Gasteiger partial charge on any atom is 0.204 e. The molecule has 1 heterocycles. The fraction of sp³-hybridized carbons (Fsp3) is 0.154. The van der Waals surface area contributed by atoms with Crippen molar-refractivity contribution in [1.29, 1.82) is 0 Å². The van der Waals surface area contributed by atoms with Crippen LogP contribution in [0.15, 0.2) is 29.4 Å². The number of thiazole rings is 1. The second-order valence-electron chi connectivity index (χ2n) is 3.88. The molecule has 0 aliphatic rings. The Labute approximate surface area is 114 Å². The highest BCUT2D eigenvalue weighted by Gasteiger charge is 2.10. The molecular formula is C13H12FN3OS. The third kappa shape index (κ3) is 3.23. The van der Waals surface area contributed by atoms with Crippen LogP contribution in [0.5, 0.6) is 0 Å². The van der Waals surface area contributed by atoms with Gasteiger partial charge in [-0.15, -0.1) is 0 Å². The zero-order valence-electron chi connectivity index (χ0n) is 10.5. The number of hydrogen-bond acceptors (Lipinski definition) is 5. The SMILES string of the molecule is CC(=O)c1sc(N/N=C\c2ccccc2F)nc1C. The van der Waals surface area contributed by atoms with Gasteiger partial charge in [0.1, 0.15) is 5.82 Å². The zero-order valence-corrected chi connectivity index (χ0v) is 11.3. The monoisotopic (exact) mass is 277 g/mol. The highest BCUT2D eigenvalue weighted by atomic mass is 32.1. The fourth-order valence-electron chi connectivity index (χ4n) is 1.51. The van der Waals surface area contributed by atoms with Gasteiger partial charge in [0.15, 0.2) is 5.78 Å². The molecule has 0 radical (unpaired) electrons. The zero-order chi connectivity index (χ0) is 13.8. The Balaban J connectivity index is 2.09. The van der Waals surface area contributed by atoms with Crippen molar-refractivity contribution in [2.24, 2.45) is 5.10 Å². The molecule has 1 aromatic carbocycles. The Morgan fingerprint density at radius 2 is 2.21 bits per heavy atom. The van der Waals surface area contributed by atoms with Crippen LogP contribution in [0.4, 0.5) is 9.52 Å². The number of anilines is 1. The number of hydrogen-bond donors (Lipinski definition) is 1. The lowest BCUT2D eigenvalue weighted by molar-refractivity contribution is 0.102. The van der Waals surface area contributed by atoms with Gasteiger partial charge in [-0.2, -0.15) is 5.10 Å². The van der Waals surface area contributed by atoms with Gasteiger partial charge in [0.2, 0.25) is 5.13 Å². The van der Waals surface area contributed by atoms with Crippen molar-refractivity contribution >= 4 is 28.5 Å². The summed E-state index contributed by atoms with van der Waals surface area (Å²) in [4.78, 5) is 16.0. The summed E-state index contributed by atoms with van der Waals surface area (Å²) in [6.07, 6.45) is 1.37. The van der Waals surface area contributed by atoms with Crippen LogP contribution in [-0.2, 0) is 0 Å². The van der Waals surface area contributed by atoms with Crippen molar-refractivity contribution in [2.75, 3.05) is 5.43 Å². The number of aromatic nitrogens is 1. The fourth-order valence-corrected chi connectivity index (χ4v) is 2.32. The standard InChI is InChI=1S/C13H12FN3OS/c1-8-12(9(2)18)19-13(16-8)17-15-7-10-5-3-4-6-11(10)14/h3-7H,1-2H3,(H,16,17)/b15-7-. The highest BCUT2D eigenvalue weighted by molar-refractivity contribution is 7.17. The molecule has 0 bridgehead atoms. The first-order valence-electron chi connectivity index (χ1n) is 5.60. The minimum atomic E-state index is -0.340. The lowest BCUT2D eigenvalue weighted by atomic mass is 10.2. The number of carbonyl (C=O) groups is 1. The molecular weight excluding hydrogens is 265 g/mol. The van der Waals surface area contributed by atoms with Crippen molar-refractivity contribution in [3.05, 3.63) is 46.2 Å². The lowest BCUT2D eigenvalue weighted by Gasteiger charge is -1.95. The average Bonchev–Trinajstić information content (AvgIpc) is 2.73. The predicted octanol–water partition coefficient (Wildman–Crippen LogP) is 3.24. The lowest BCUT2D eigenvalue weighted by Crippen LogP contribution is -1.92. The van der Waals surface area contributed by atoms with Crippen molar-refractivity contribution in [3.8, 4) is 0 Å². The second-order valence-corrected chi connectivity index (χ2v) is 4.88. The molecule has 0 spiro atoms. The molecule has 0 saturated carbocycles. The summed E-state index contributed by atoms with van der Waals surface area (Å²) < 4.78 is 13.3. The molecule has 0 unspecified atom stereocenters. The van der Waals surface area contributed by atoms with E-state index in [4.69, 9.17) is 0 Å². The predicted molar refractivity (Wildman–Crippen MR) is 74.5 cm³/mol. The molecule has 0 amide bonds. The van der Waals surface area contributed by atoms with Crippen molar-refractivity contribution in [3.63, 3.8) is 0 Å². The first-order chi connectivity index (χ1) is 9.08. The maximum atomic E-state index is 13.3. The van der Waals surface area contributed by atoms with Gasteiger partial charge in [0, 0.05) is 12.5 Å². The number of carbonyl (C=O) groups excluding carboxylic acids is 1. The van der Waals surface area contributed by atoms with E-state index >= 15 is 0 Å². The molecule has 0 saturated heterocycles. The van der Waals surface area contributed by atoms with Crippen molar-refractivity contribution in [1.82, 2.24) is 4.98 Å². The van der Waals surface area contributed by atoms with Crippen LogP contribution < -0.4 is 5.43 Å². The van der Waals surface area contributed by atoms with Crippen LogP contribution in [0.2, 0.25) is 0 Å². The van der Waals surface area contributed by atoms with Gasteiger partial charge in [-0.05, 0) is 13.0 Å². The molecule has 6 heteroatoms. The van der Waals surface area contributed by atoms with Crippen LogP contribution in [0.3, 0.4) is 0 Å². The number of halogens is 1. The minimum absolute atomic E-state index is 0.0267. The molecule has 0 fully saturated rings. The van der Waals surface area contributed by atoms with Crippen LogP contribution in [0.25, 0.3) is 0 Å². The van der Waals surface area contributed by atoms with Crippen LogP contribution in [0, 0.1) is 12.7 Å². The molecule has 1 N–H and O–H groups in total. The topological polar surface area (TPSA) is 54.4 Å². The summed E-state index contributed by atoms with van der Waals surface area (Å²) in [5.41, 5.74) is 3.75. The van der Waals surface area contributed by atoms with E-state index in [0.717, 1.165) is 0 Å². The van der Waals surface area contributed by atoms with Crippen LogP contribution in [0.1, 0.15) is 27.9 Å². The number of nitrogens with zero attached hydrogens (tertiary/aromatic N) is 2. The van der Waals surface area contributed by atoms with E-state index in [1.165, 1.54) is 30.5 Å². The smallest absolute Gasteiger partial charge is 0.204 e. The third-order valence-corrected chi connectivity index (χ3v) is 3.55. The summed E-state index contributed by atoms with van der Waals surface area (Å²) in [6.45, 7) is 3.26. The largest absolute Gasteiger partial charge is 0.294 e. The number of benzene rings is 1. The molecule has 98 valence electrons. The normalized spacial score (nSPS) is 10.9. The summed E-state index contributed by atoms with van der Waals surface area (Å²) in [5.74, 6) is -0.367. The van der Waals surface area contributed by atoms with Gasteiger partial charge in [0.05, 0.1) is 16.8 Å². The van der Waals surface area contributed by atoms with E-state index in [0.29, 0.717) is 21.3 Å². The summed E-state index contributed by atoms with van der Waals surface area (Å²) in [7, 11) is 0. The first-order valence-corrected chi connectivity index (χ1v) is 6.41. The Bertz CT molecular complexity index is 637. The van der Waals surface area contributed by atoms with Gasteiger partial charge in [0.25, 0.3) is 0 Å².